The molecule has 2 saturated carbocycles. The van der Waals surface area contributed by atoms with E-state index in [1.807, 2.05) is 0 Å². The first-order chi connectivity index (χ1) is 11.3. The van der Waals surface area contributed by atoms with Gasteiger partial charge in [-0.3, -0.25) is 0 Å². The van der Waals surface area contributed by atoms with Crippen LogP contribution in [0.3, 0.4) is 0 Å². The fourth-order valence-corrected chi connectivity index (χ4v) is 4.87. The highest BCUT2D eigenvalue weighted by Crippen LogP contribution is 2.42. The summed E-state index contributed by atoms with van der Waals surface area (Å²) in [5, 5.41) is 18.0. The van der Waals surface area contributed by atoms with Crippen LogP contribution >= 0.6 is 0 Å². The maximum atomic E-state index is 9.01. The molecular formula is C20H38O3. The van der Waals surface area contributed by atoms with Crippen molar-refractivity contribution in [2.45, 2.75) is 83.7 Å². The molecule has 0 spiro atoms. The van der Waals surface area contributed by atoms with Crippen molar-refractivity contribution in [1.82, 2.24) is 0 Å². The third-order valence-corrected chi connectivity index (χ3v) is 6.43. The van der Waals surface area contributed by atoms with Gasteiger partial charge in [-0.25, -0.2) is 0 Å². The maximum absolute atomic E-state index is 9.01. The fraction of sp³-hybridized carbons (Fsp3) is 1.00. The van der Waals surface area contributed by atoms with Crippen LogP contribution in [-0.4, -0.2) is 36.1 Å². The predicted octanol–water partition coefficient (Wildman–Crippen LogP) is 4.16. The molecule has 0 amide bonds. The van der Waals surface area contributed by atoms with Crippen LogP contribution < -0.4 is 0 Å². The van der Waals surface area contributed by atoms with Crippen molar-refractivity contribution in [1.29, 1.82) is 0 Å². The molecule has 0 aromatic heterocycles. The van der Waals surface area contributed by atoms with Crippen LogP contribution in [0.2, 0.25) is 0 Å². The SMILES string of the molecule is CCCC1CCC(C2CCC(CCOC(CO)CO)CC2)CC1. The van der Waals surface area contributed by atoms with Crippen molar-refractivity contribution in [3.8, 4) is 0 Å². The van der Waals surface area contributed by atoms with Gasteiger partial charge in [-0.2, -0.15) is 0 Å². The number of rotatable bonds is 9. The molecule has 0 aromatic rings. The van der Waals surface area contributed by atoms with E-state index in [2.05, 4.69) is 6.92 Å². The Morgan fingerprint density at radius 1 is 0.783 bits per heavy atom. The van der Waals surface area contributed by atoms with Crippen LogP contribution in [0.1, 0.15) is 77.6 Å². The van der Waals surface area contributed by atoms with Gasteiger partial charge in [0, 0.05) is 6.61 Å². The molecular weight excluding hydrogens is 288 g/mol. The van der Waals surface area contributed by atoms with E-state index in [9.17, 15) is 0 Å². The zero-order valence-electron chi connectivity index (χ0n) is 15.1. The minimum atomic E-state index is -0.385. The molecule has 0 unspecified atom stereocenters. The van der Waals surface area contributed by atoms with Crippen molar-refractivity contribution < 1.29 is 14.9 Å². The Kier molecular flexibility index (Phi) is 8.92. The van der Waals surface area contributed by atoms with Crippen molar-refractivity contribution in [2.24, 2.45) is 23.7 Å². The van der Waals surface area contributed by atoms with Gasteiger partial charge in [-0.05, 0) is 55.8 Å². The van der Waals surface area contributed by atoms with Gasteiger partial charge in [0.2, 0.25) is 0 Å². The monoisotopic (exact) mass is 326 g/mol. The second kappa shape index (κ2) is 10.7. The van der Waals surface area contributed by atoms with Gasteiger partial charge < -0.3 is 14.9 Å². The van der Waals surface area contributed by atoms with Crippen molar-refractivity contribution in [3.05, 3.63) is 0 Å². The van der Waals surface area contributed by atoms with Crippen LogP contribution in [-0.2, 0) is 4.74 Å². The normalized spacial score (nSPS) is 32.3. The summed E-state index contributed by atoms with van der Waals surface area (Å²) in [6.45, 7) is 2.84. The van der Waals surface area contributed by atoms with Gasteiger partial charge in [0.1, 0.15) is 6.10 Å². The summed E-state index contributed by atoms with van der Waals surface area (Å²) in [6, 6.07) is 0. The molecule has 2 rings (SSSR count). The Morgan fingerprint density at radius 3 is 1.70 bits per heavy atom. The topological polar surface area (TPSA) is 49.7 Å². The summed E-state index contributed by atoms with van der Waals surface area (Å²) in [5.41, 5.74) is 0. The van der Waals surface area contributed by atoms with E-state index in [4.69, 9.17) is 14.9 Å². The summed E-state index contributed by atoms with van der Waals surface area (Å²) in [4.78, 5) is 0. The lowest BCUT2D eigenvalue weighted by atomic mass is 9.68. The molecule has 136 valence electrons. The molecule has 3 heteroatoms. The Morgan fingerprint density at radius 2 is 1.26 bits per heavy atom. The average Bonchev–Trinajstić information content (AvgIpc) is 2.60. The average molecular weight is 327 g/mol. The van der Waals surface area contributed by atoms with Gasteiger partial charge in [0.25, 0.3) is 0 Å². The number of hydrogen-bond acceptors (Lipinski definition) is 3. The van der Waals surface area contributed by atoms with Gasteiger partial charge >= 0.3 is 0 Å². The maximum Gasteiger partial charge on any atom is 0.104 e. The quantitative estimate of drug-likeness (QED) is 0.669. The van der Waals surface area contributed by atoms with Crippen LogP contribution in [0.5, 0.6) is 0 Å². The Hall–Kier alpha value is -0.120. The first-order valence-corrected chi connectivity index (χ1v) is 10.1. The van der Waals surface area contributed by atoms with E-state index in [0.717, 1.165) is 30.1 Å². The van der Waals surface area contributed by atoms with Crippen molar-refractivity contribution in [2.75, 3.05) is 19.8 Å². The molecule has 0 saturated heterocycles. The standard InChI is InChI=1S/C20H38O3/c1-2-3-16-4-8-18(9-5-16)19-10-6-17(7-11-19)12-13-23-20(14-21)15-22/h16-22H,2-15H2,1H3. The van der Waals surface area contributed by atoms with Crippen LogP contribution in [0.15, 0.2) is 0 Å². The molecule has 23 heavy (non-hydrogen) atoms. The smallest absolute Gasteiger partial charge is 0.104 e. The minimum absolute atomic E-state index is 0.0794. The largest absolute Gasteiger partial charge is 0.394 e. The molecule has 2 N–H and O–H groups in total. The summed E-state index contributed by atoms with van der Waals surface area (Å²) in [7, 11) is 0. The van der Waals surface area contributed by atoms with Gasteiger partial charge in [0.05, 0.1) is 13.2 Å². The fourth-order valence-electron chi connectivity index (χ4n) is 4.87. The second-order valence-electron chi connectivity index (χ2n) is 8.00. The Labute approximate surface area is 142 Å². The second-order valence-corrected chi connectivity index (χ2v) is 8.00. The Balaban J connectivity index is 1.59. The lowest BCUT2D eigenvalue weighted by molar-refractivity contribution is -0.0261. The molecule has 0 atom stereocenters. The predicted molar refractivity (Wildman–Crippen MR) is 94.3 cm³/mol. The molecule has 2 aliphatic carbocycles. The first kappa shape index (κ1) is 19.2. The summed E-state index contributed by atoms with van der Waals surface area (Å²) < 4.78 is 5.52. The van der Waals surface area contributed by atoms with E-state index in [-0.39, 0.29) is 19.3 Å². The van der Waals surface area contributed by atoms with E-state index in [1.165, 1.54) is 64.2 Å². The molecule has 3 nitrogen and oxygen atoms in total. The summed E-state index contributed by atoms with van der Waals surface area (Å²) >= 11 is 0. The Bertz CT molecular complexity index is 287. The number of ether oxygens (including phenoxy) is 1. The molecule has 0 radical (unpaired) electrons. The third kappa shape index (κ3) is 6.36. The van der Waals surface area contributed by atoms with Crippen molar-refractivity contribution >= 4 is 0 Å². The van der Waals surface area contributed by atoms with Gasteiger partial charge in [0.15, 0.2) is 0 Å². The lowest BCUT2D eigenvalue weighted by Gasteiger charge is -2.38. The lowest BCUT2D eigenvalue weighted by Crippen LogP contribution is -2.27. The molecule has 0 aromatic carbocycles. The molecule has 0 bridgehead atoms. The zero-order valence-corrected chi connectivity index (χ0v) is 15.1. The number of aliphatic hydroxyl groups is 2. The first-order valence-electron chi connectivity index (χ1n) is 10.1. The highest BCUT2D eigenvalue weighted by molar-refractivity contribution is 4.82. The van der Waals surface area contributed by atoms with E-state index in [0.29, 0.717) is 6.61 Å². The number of hydrogen-bond donors (Lipinski definition) is 2. The van der Waals surface area contributed by atoms with E-state index >= 15 is 0 Å². The minimum Gasteiger partial charge on any atom is -0.394 e. The van der Waals surface area contributed by atoms with Crippen molar-refractivity contribution in [3.63, 3.8) is 0 Å². The highest BCUT2D eigenvalue weighted by Gasteiger charge is 2.30. The third-order valence-electron chi connectivity index (χ3n) is 6.43. The molecule has 0 aliphatic heterocycles. The summed E-state index contributed by atoms with van der Waals surface area (Å²) in [6.07, 6.45) is 15.0. The van der Waals surface area contributed by atoms with Gasteiger partial charge in [-0.1, -0.05) is 45.4 Å². The van der Waals surface area contributed by atoms with E-state index in [1.54, 1.807) is 0 Å². The van der Waals surface area contributed by atoms with Gasteiger partial charge in [-0.15, -0.1) is 0 Å². The van der Waals surface area contributed by atoms with Crippen LogP contribution in [0, 0.1) is 23.7 Å². The molecule has 2 aliphatic rings. The van der Waals surface area contributed by atoms with Crippen LogP contribution in [0.25, 0.3) is 0 Å². The molecule has 0 heterocycles. The molecule has 2 fully saturated rings. The zero-order chi connectivity index (χ0) is 16.5. The summed E-state index contributed by atoms with van der Waals surface area (Å²) in [5.74, 6) is 3.81. The van der Waals surface area contributed by atoms with E-state index < -0.39 is 0 Å². The number of aliphatic hydroxyl groups excluding tert-OH is 2. The highest BCUT2D eigenvalue weighted by atomic mass is 16.5. The van der Waals surface area contributed by atoms with Crippen LogP contribution in [0.4, 0.5) is 0 Å².